The standard InChI is InChI=1S/C13H17N3O4S/c1-20-7-6-16-9-12(8-14-16)15-21(18,19)13-4-2-11(10-17)3-5-13/h2-5,8-9,15,17H,6-7,10H2,1H3. The van der Waals surface area contributed by atoms with Gasteiger partial charge in [0.25, 0.3) is 10.0 Å². The summed E-state index contributed by atoms with van der Waals surface area (Å²) >= 11 is 0. The quantitative estimate of drug-likeness (QED) is 0.789. The van der Waals surface area contributed by atoms with Gasteiger partial charge in [0.2, 0.25) is 0 Å². The van der Waals surface area contributed by atoms with Crippen LogP contribution in [0, 0.1) is 0 Å². The zero-order valence-corrected chi connectivity index (χ0v) is 12.4. The van der Waals surface area contributed by atoms with E-state index < -0.39 is 10.0 Å². The Balaban J connectivity index is 2.10. The summed E-state index contributed by atoms with van der Waals surface area (Å²) in [6.07, 6.45) is 3.04. The number of methoxy groups -OCH3 is 1. The van der Waals surface area contributed by atoms with Crippen LogP contribution in [0.2, 0.25) is 0 Å². The third-order valence-electron chi connectivity index (χ3n) is 2.83. The van der Waals surface area contributed by atoms with E-state index in [1.165, 1.54) is 18.3 Å². The number of nitrogens with zero attached hydrogens (tertiary/aromatic N) is 2. The second-order valence-corrected chi connectivity index (χ2v) is 6.07. The number of anilines is 1. The van der Waals surface area contributed by atoms with Gasteiger partial charge in [-0.05, 0) is 17.7 Å². The summed E-state index contributed by atoms with van der Waals surface area (Å²) < 4.78 is 33.4. The van der Waals surface area contributed by atoms with E-state index in [0.717, 1.165) is 0 Å². The van der Waals surface area contributed by atoms with Crippen molar-refractivity contribution in [3.05, 3.63) is 42.2 Å². The molecule has 2 N–H and O–H groups in total. The number of rotatable bonds is 7. The molecule has 1 aromatic carbocycles. The highest BCUT2D eigenvalue weighted by molar-refractivity contribution is 7.92. The average Bonchev–Trinajstić information content (AvgIpc) is 2.92. The van der Waals surface area contributed by atoms with Crippen LogP contribution in [0.5, 0.6) is 0 Å². The molecule has 1 heterocycles. The highest BCUT2D eigenvalue weighted by atomic mass is 32.2. The van der Waals surface area contributed by atoms with Crippen LogP contribution in [0.25, 0.3) is 0 Å². The summed E-state index contributed by atoms with van der Waals surface area (Å²) in [5.74, 6) is 0. The molecular weight excluding hydrogens is 294 g/mol. The number of benzene rings is 1. The average molecular weight is 311 g/mol. The number of ether oxygens (including phenoxy) is 1. The lowest BCUT2D eigenvalue weighted by atomic mass is 10.2. The normalized spacial score (nSPS) is 11.5. The Bertz CT molecular complexity index is 680. The Kier molecular flexibility index (Phi) is 4.94. The maximum absolute atomic E-state index is 12.2. The van der Waals surface area contributed by atoms with Gasteiger partial charge in [-0.1, -0.05) is 12.1 Å². The highest BCUT2D eigenvalue weighted by Gasteiger charge is 2.14. The summed E-state index contributed by atoms with van der Waals surface area (Å²) in [5, 5.41) is 13.0. The number of aromatic nitrogens is 2. The number of aliphatic hydroxyl groups is 1. The number of hydrogen-bond donors (Lipinski definition) is 2. The van der Waals surface area contributed by atoms with Gasteiger partial charge in [0.15, 0.2) is 0 Å². The van der Waals surface area contributed by atoms with Crippen molar-refractivity contribution in [3.8, 4) is 0 Å². The molecule has 0 saturated carbocycles. The summed E-state index contributed by atoms with van der Waals surface area (Å²) in [4.78, 5) is 0.129. The number of hydrogen-bond acceptors (Lipinski definition) is 5. The molecular formula is C13H17N3O4S. The van der Waals surface area contributed by atoms with Crippen molar-refractivity contribution in [2.75, 3.05) is 18.4 Å². The molecule has 0 spiro atoms. The van der Waals surface area contributed by atoms with E-state index in [-0.39, 0.29) is 11.5 Å². The molecule has 114 valence electrons. The van der Waals surface area contributed by atoms with Gasteiger partial charge in [0.05, 0.1) is 36.5 Å². The zero-order chi connectivity index (χ0) is 15.3. The van der Waals surface area contributed by atoms with Gasteiger partial charge in [-0.25, -0.2) is 8.42 Å². The molecule has 0 bridgehead atoms. The molecule has 0 radical (unpaired) electrons. The van der Waals surface area contributed by atoms with Crippen LogP contribution in [-0.2, 0) is 27.9 Å². The second-order valence-electron chi connectivity index (χ2n) is 4.39. The third kappa shape index (κ3) is 4.03. The van der Waals surface area contributed by atoms with Crippen LogP contribution in [0.3, 0.4) is 0 Å². The monoisotopic (exact) mass is 311 g/mol. The number of nitrogens with one attached hydrogen (secondary N) is 1. The SMILES string of the molecule is COCCn1cc(NS(=O)(=O)c2ccc(CO)cc2)cn1. The lowest BCUT2D eigenvalue weighted by Crippen LogP contribution is -2.12. The molecule has 21 heavy (non-hydrogen) atoms. The molecule has 0 aliphatic rings. The van der Waals surface area contributed by atoms with E-state index in [4.69, 9.17) is 9.84 Å². The lowest BCUT2D eigenvalue weighted by Gasteiger charge is -2.06. The minimum absolute atomic E-state index is 0.125. The van der Waals surface area contributed by atoms with E-state index in [1.54, 1.807) is 30.1 Å². The van der Waals surface area contributed by atoms with Gasteiger partial charge < -0.3 is 9.84 Å². The first-order valence-electron chi connectivity index (χ1n) is 6.29. The van der Waals surface area contributed by atoms with Gasteiger partial charge >= 0.3 is 0 Å². The molecule has 0 aliphatic heterocycles. The molecule has 1 aromatic heterocycles. The second kappa shape index (κ2) is 6.70. The molecule has 2 rings (SSSR count). The van der Waals surface area contributed by atoms with Crippen LogP contribution in [0.4, 0.5) is 5.69 Å². The van der Waals surface area contributed by atoms with Crippen molar-refractivity contribution in [1.82, 2.24) is 9.78 Å². The van der Waals surface area contributed by atoms with E-state index in [1.807, 2.05) is 0 Å². The van der Waals surface area contributed by atoms with Crippen molar-refractivity contribution < 1.29 is 18.3 Å². The molecule has 7 nitrogen and oxygen atoms in total. The van der Waals surface area contributed by atoms with E-state index >= 15 is 0 Å². The highest BCUT2D eigenvalue weighted by Crippen LogP contribution is 2.16. The fraction of sp³-hybridized carbons (Fsp3) is 0.308. The van der Waals surface area contributed by atoms with Crippen molar-refractivity contribution in [2.45, 2.75) is 18.0 Å². The third-order valence-corrected chi connectivity index (χ3v) is 4.22. The summed E-state index contributed by atoms with van der Waals surface area (Å²) in [5.41, 5.74) is 1.04. The van der Waals surface area contributed by atoms with Crippen molar-refractivity contribution in [3.63, 3.8) is 0 Å². The van der Waals surface area contributed by atoms with E-state index in [2.05, 4.69) is 9.82 Å². The van der Waals surface area contributed by atoms with Gasteiger partial charge in [-0.2, -0.15) is 5.10 Å². The van der Waals surface area contributed by atoms with Crippen molar-refractivity contribution >= 4 is 15.7 Å². The maximum atomic E-state index is 12.2. The Hall–Kier alpha value is -1.90. The summed E-state index contributed by atoms with van der Waals surface area (Å²) in [6, 6.07) is 6.03. The summed E-state index contributed by atoms with van der Waals surface area (Å²) in [7, 11) is -2.08. The first-order chi connectivity index (χ1) is 10.0. The molecule has 0 saturated heterocycles. The molecule has 0 atom stereocenters. The molecule has 2 aromatic rings. The Labute approximate surface area is 123 Å². The van der Waals surface area contributed by atoms with Gasteiger partial charge in [-0.15, -0.1) is 0 Å². The first kappa shape index (κ1) is 15.5. The molecule has 0 aliphatic carbocycles. The van der Waals surface area contributed by atoms with Crippen LogP contribution in [-0.4, -0.2) is 37.0 Å². The minimum Gasteiger partial charge on any atom is -0.392 e. The van der Waals surface area contributed by atoms with Crippen LogP contribution >= 0.6 is 0 Å². The van der Waals surface area contributed by atoms with Crippen LogP contribution < -0.4 is 4.72 Å². The van der Waals surface area contributed by atoms with Crippen molar-refractivity contribution in [2.24, 2.45) is 0 Å². The topological polar surface area (TPSA) is 93.5 Å². The van der Waals surface area contributed by atoms with Crippen LogP contribution in [0.1, 0.15) is 5.56 Å². The van der Waals surface area contributed by atoms with Gasteiger partial charge in [0.1, 0.15) is 0 Å². The molecule has 0 fully saturated rings. The lowest BCUT2D eigenvalue weighted by molar-refractivity contribution is 0.183. The smallest absolute Gasteiger partial charge is 0.261 e. The van der Waals surface area contributed by atoms with E-state index in [0.29, 0.717) is 24.4 Å². The maximum Gasteiger partial charge on any atom is 0.261 e. The Morgan fingerprint density at radius 1 is 1.33 bits per heavy atom. The fourth-order valence-corrected chi connectivity index (χ4v) is 2.74. The van der Waals surface area contributed by atoms with Gasteiger partial charge in [0, 0.05) is 13.3 Å². The summed E-state index contributed by atoms with van der Waals surface area (Å²) in [6.45, 7) is 0.917. The fourth-order valence-electron chi connectivity index (χ4n) is 1.71. The minimum atomic E-state index is -3.66. The Morgan fingerprint density at radius 3 is 2.67 bits per heavy atom. The number of aliphatic hydroxyl groups excluding tert-OH is 1. The molecule has 8 heteroatoms. The predicted molar refractivity (Wildman–Crippen MR) is 77.3 cm³/mol. The van der Waals surface area contributed by atoms with Gasteiger partial charge in [-0.3, -0.25) is 9.40 Å². The Morgan fingerprint density at radius 2 is 2.05 bits per heavy atom. The first-order valence-corrected chi connectivity index (χ1v) is 7.77. The molecule has 0 amide bonds. The number of sulfonamides is 1. The molecule has 0 unspecified atom stereocenters. The van der Waals surface area contributed by atoms with Crippen LogP contribution in [0.15, 0.2) is 41.6 Å². The zero-order valence-electron chi connectivity index (χ0n) is 11.6. The predicted octanol–water partition coefficient (Wildman–Crippen LogP) is 0.823. The van der Waals surface area contributed by atoms with E-state index in [9.17, 15) is 8.42 Å². The van der Waals surface area contributed by atoms with Crippen molar-refractivity contribution in [1.29, 1.82) is 0 Å². The largest absolute Gasteiger partial charge is 0.392 e.